The summed E-state index contributed by atoms with van der Waals surface area (Å²) in [6, 6.07) is 8.92. The minimum absolute atomic E-state index is 0.186. The zero-order valence-electron chi connectivity index (χ0n) is 12.2. The van der Waals surface area contributed by atoms with Gasteiger partial charge in [-0.2, -0.15) is 0 Å². The standard InChI is InChI=1S/C17H12N2O4/c1-8-6-9(2-4-11(8)15(18)21)14(20)10-3-5-12-13(7-10)17(23)19-16(12)22/h2-7H,1H3,(H2,18,21)(H,19,22,23). The number of imide groups is 1. The molecule has 3 N–H and O–H groups in total. The Labute approximate surface area is 131 Å². The number of primary amides is 1. The molecule has 6 heteroatoms. The molecule has 0 atom stereocenters. The van der Waals surface area contributed by atoms with Gasteiger partial charge < -0.3 is 5.73 Å². The fourth-order valence-corrected chi connectivity index (χ4v) is 2.56. The zero-order valence-corrected chi connectivity index (χ0v) is 12.2. The van der Waals surface area contributed by atoms with Gasteiger partial charge in [-0.05, 0) is 36.8 Å². The van der Waals surface area contributed by atoms with Crippen molar-refractivity contribution in [3.05, 3.63) is 69.8 Å². The summed E-state index contributed by atoms with van der Waals surface area (Å²) in [4.78, 5) is 46.9. The first-order valence-electron chi connectivity index (χ1n) is 6.83. The van der Waals surface area contributed by atoms with Crippen LogP contribution < -0.4 is 11.1 Å². The lowest BCUT2D eigenvalue weighted by atomic mass is 9.96. The van der Waals surface area contributed by atoms with Gasteiger partial charge in [-0.15, -0.1) is 0 Å². The van der Waals surface area contributed by atoms with Crippen LogP contribution in [0.25, 0.3) is 0 Å². The quantitative estimate of drug-likeness (QED) is 0.656. The number of benzene rings is 2. The van der Waals surface area contributed by atoms with Crippen LogP contribution in [0.5, 0.6) is 0 Å². The van der Waals surface area contributed by atoms with Crippen molar-refractivity contribution in [3.63, 3.8) is 0 Å². The van der Waals surface area contributed by atoms with Crippen molar-refractivity contribution in [2.75, 3.05) is 0 Å². The topological polar surface area (TPSA) is 106 Å². The van der Waals surface area contributed by atoms with Crippen LogP contribution in [0, 0.1) is 6.92 Å². The van der Waals surface area contributed by atoms with Gasteiger partial charge >= 0.3 is 0 Å². The Morgan fingerprint density at radius 1 is 0.913 bits per heavy atom. The van der Waals surface area contributed by atoms with Gasteiger partial charge in [-0.1, -0.05) is 12.1 Å². The van der Waals surface area contributed by atoms with E-state index in [-0.39, 0.29) is 16.9 Å². The molecule has 0 aliphatic carbocycles. The van der Waals surface area contributed by atoms with Crippen LogP contribution in [0.4, 0.5) is 0 Å². The van der Waals surface area contributed by atoms with Crippen LogP contribution in [0.15, 0.2) is 36.4 Å². The molecule has 1 aliphatic heterocycles. The van der Waals surface area contributed by atoms with E-state index in [1.807, 2.05) is 0 Å². The largest absolute Gasteiger partial charge is 0.366 e. The minimum atomic E-state index is -0.561. The first-order valence-corrected chi connectivity index (χ1v) is 6.83. The van der Waals surface area contributed by atoms with Crippen LogP contribution >= 0.6 is 0 Å². The van der Waals surface area contributed by atoms with E-state index in [2.05, 4.69) is 5.32 Å². The van der Waals surface area contributed by atoms with Crippen molar-refractivity contribution < 1.29 is 19.2 Å². The van der Waals surface area contributed by atoms with Crippen molar-refractivity contribution in [1.29, 1.82) is 0 Å². The summed E-state index contributed by atoms with van der Waals surface area (Å²) in [5.74, 6) is -1.85. The van der Waals surface area contributed by atoms with Crippen molar-refractivity contribution >= 4 is 23.5 Å². The molecule has 0 radical (unpaired) electrons. The van der Waals surface area contributed by atoms with Crippen LogP contribution in [-0.4, -0.2) is 23.5 Å². The molecule has 0 spiro atoms. The van der Waals surface area contributed by atoms with E-state index in [1.165, 1.54) is 30.3 Å². The summed E-state index contributed by atoms with van der Waals surface area (Å²) in [7, 11) is 0. The van der Waals surface area contributed by atoms with Crippen molar-refractivity contribution in [2.24, 2.45) is 5.73 Å². The highest BCUT2D eigenvalue weighted by atomic mass is 16.2. The molecular weight excluding hydrogens is 296 g/mol. The Morgan fingerprint density at radius 3 is 2.17 bits per heavy atom. The zero-order chi connectivity index (χ0) is 16.7. The third-order valence-corrected chi connectivity index (χ3v) is 3.75. The van der Waals surface area contributed by atoms with Crippen LogP contribution in [0.1, 0.15) is 52.6 Å². The highest BCUT2D eigenvalue weighted by molar-refractivity contribution is 6.22. The summed E-state index contributed by atoms with van der Waals surface area (Å²) >= 11 is 0. The van der Waals surface area contributed by atoms with E-state index in [9.17, 15) is 19.2 Å². The molecule has 1 heterocycles. The van der Waals surface area contributed by atoms with E-state index in [4.69, 9.17) is 5.73 Å². The number of fused-ring (bicyclic) bond motifs is 1. The number of aryl methyl sites for hydroxylation is 1. The molecular formula is C17H12N2O4. The maximum atomic E-state index is 12.5. The second-order valence-corrected chi connectivity index (χ2v) is 5.27. The van der Waals surface area contributed by atoms with Crippen molar-refractivity contribution in [2.45, 2.75) is 6.92 Å². The summed E-state index contributed by atoms with van der Waals surface area (Å²) in [5, 5.41) is 2.18. The summed E-state index contributed by atoms with van der Waals surface area (Å²) in [6.45, 7) is 1.69. The first kappa shape index (κ1) is 14.6. The molecule has 1 aliphatic rings. The molecule has 0 saturated heterocycles. The number of hydrogen-bond donors (Lipinski definition) is 2. The highest BCUT2D eigenvalue weighted by Crippen LogP contribution is 2.20. The molecule has 6 nitrogen and oxygen atoms in total. The molecule has 3 rings (SSSR count). The molecule has 2 aromatic rings. The van der Waals surface area contributed by atoms with Gasteiger partial charge in [-0.25, -0.2) is 0 Å². The summed E-state index contributed by atoms with van der Waals surface area (Å²) in [6.07, 6.45) is 0. The predicted octanol–water partition coefficient (Wildman–Crippen LogP) is 1.21. The molecule has 114 valence electrons. The van der Waals surface area contributed by atoms with E-state index in [0.717, 1.165) is 0 Å². The van der Waals surface area contributed by atoms with Gasteiger partial charge in [0.05, 0.1) is 11.1 Å². The van der Waals surface area contributed by atoms with Crippen molar-refractivity contribution in [3.8, 4) is 0 Å². The lowest BCUT2D eigenvalue weighted by Crippen LogP contribution is -2.19. The lowest BCUT2D eigenvalue weighted by molar-refractivity contribution is 0.0878. The smallest absolute Gasteiger partial charge is 0.258 e. The average Bonchev–Trinajstić information content (AvgIpc) is 2.80. The second kappa shape index (κ2) is 5.17. The van der Waals surface area contributed by atoms with Gasteiger partial charge in [0.25, 0.3) is 11.8 Å². The van der Waals surface area contributed by atoms with Gasteiger partial charge in [0, 0.05) is 16.7 Å². The molecule has 23 heavy (non-hydrogen) atoms. The number of hydrogen-bond acceptors (Lipinski definition) is 4. The third kappa shape index (κ3) is 2.40. The molecule has 0 fully saturated rings. The molecule has 0 aromatic heterocycles. The molecule has 3 amide bonds. The van der Waals surface area contributed by atoms with Gasteiger partial charge in [0.1, 0.15) is 0 Å². The fraction of sp³-hybridized carbons (Fsp3) is 0.0588. The van der Waals surface area contributed by atoms with E-state index in [0.29, 0.717) is 22.3 Å². The molecule has 0 saturated carbocycles. The normalized spacial score (nSPS) is 12.7. The van der Waals surface area contributed by atoms with Crippen LogP contribution in [0.2, 0.25) is 0 Å². The maximum Gasteiger partial charge on any atom is 0.258 e. The number of ketones is 1. The molecule has 2 aromatic carbocycles. The Kier molecular flexibility index (Phi) is 3.29. The number of carbonyl (C=O) groups is 4. The molecule has 0 bridgehead atoms. The maximum absolute atomic E-state index is 12.5. The van der Waals surface area contributed by atoms with Crippen molar-refractivity contribution in [1.82, 2.24) is 5.32 Å². The summed E-state index contributed by atoms with van der Waals surface area (Å²) < 4.78 is 0. The number of nitrogens with two attached hydrogens (primary N) is 1. The number of nitrogens with one attached hydrogen (secondary N) is 1. The predicted molar refractivity (Wildman–Crippen MR) is 81.4 cm³/mol. The van der Waals surface area contributed by atoms with Gasteiger partial charge in [0.15, 0.2) is 5.78 Å². The van der Waals surface area contributed by atoms with E-state index < -0.39 is 17.7 Å². The van der Waals surface area contributed by atoms with Gasteiger partial charge in [-0.3, -0.25) is 24.5 Å². The Bertz CT molecular complexity index is 899. The Hall–Kier alpha value is -3.28. The summed E-state index contributed by atoms with van der Waals surface area (Å²) in [5.41, 5.74) is 7.29. The molecule has 0 unspecified atom stereocenters. The third-order valence-electron chi connectivity index (χ3n) is 3.75. The van der Waals surface area contributed by atoms with E-state index >= 15 is 0 Å². The number of rotatable bonds is 3. The lowest BCUT2D eigenvalue weighted by Gasteiger charge is -2.06. The SMILES string of the molecule is Cc1cc(C(=O)c2ccc3c(c2)C(=O)NC3=O)ccc1C(N)=O. The minimum Gasteiger partial charge on any atom is -0.366 e. The number of carbonyl (C=O) groups excluding carboxylic acids is 4. The monoisotopic (exact) mass is 308 g/mol. The Morgan fingerprint density at radius 2 is 1.52 bits per heavy atom. The highest BCUT2D eigenvalue weighted by Gasteiger charge is 2.27. The fourth-order valence-electron chi connectivity index (χ4n) is 2.56. The Balaban J connectivity index is 2.00. The van der Waals surface area contributed by atoms with Crippen LogP contribution in [-0.2, 0) is 0 Å². The number of amides is 3. The van der Waals surface area contributed by atoms with Gasteiger partial charge in [0.2, 0.25) is 5.91 Å². The second-order valence-electron chi connectivity index (χ2n) is 5.27. The average molecular weight is 308 g/mol. The van der Waals surface area contributed by atoms with Crippen LogP contribution in [0.3, 0.4) is 0 Å². The van der Waals surface area contributed by atoms with E-state index in [1.54, 1.807) is 13.0 Å². The first-order chi connectivity index (χ1) is 10.9.